The third-order valence-corrected chi connectivity index (χ3v) is 7.36. The van der Waals surface area contributed by atoms with E-state index in [-0.39, 0.29) is 17.5 Å². The lowest BCUT2D eigenvalue weighted by Gasteiger charge is -2.45. The Morgan fingerprint density at radius 2 is 2.03 bits per heavy atom. The van der Waals surface area contributed by atoms with Gasteiger partial charge in [-0.05, 0) is 69.6 Å². The molecule has 1 aromatic carbocycles. The van der Waals surface area contributed by atoms with Crippen LogP contribution in [0.1, 0.15) is 54.0 Å². The topological polar surface area (TPSA) is 80.3 Å². The maximum absolute atomic E-state index is 11.9. The normalized spacial score (nSPS) is 21.5. The summed E-state index contributed by atoms with van der Waals surface area (Å²) in [6.07, 6.45) is 3.24. The molecule has 2 saturated heterocycles. The standard InChI is InChI=1S/C25H29ClN4O3/c1-25(21-10-13-33-21,24-28-19-7-6-17(23(31)32-2)14-20(19)29-24)15-30-11-8-16(9-12-30)18-4-3-5-22(26)27-18/h3-7,14,16,21H,8-13,15H2,1-2H3,(H,28,29)/t21?,25-/m1/s1. The number of carbonyl (C=O) groups excluding carboxylic acids is 1. The molecule has 0 amide bonds. The number of H-pyrrole nitrogens is 1. The van der Waals surface area contributed by atoms with Crippen molar-refractivity contribution in [3.63, 3.8) is 0 Å². The van der Waals surface area contributed by atoms with Gasteiger partial charge in [-0.25, -0.2) is 14.8 Å². The fraction of sp³-hybridized carbons (Fsp3) is 0.480. The molecule has 2 fully saturated rings. The molecule has 1 unspecified atom stereocenters. The second kappa shape index (κ2) is 9.05. The van der Waals surface area contributed by atoms with Crippen LogP contribution in [0, 0.1) is 0 Å². The van der Waals surface area contributed by atoms with Crippen molar-refractivity contribution in [2.75, 3.05) is 33.4 Å². The van der Waals surface area contributed by atoms with Crippen molar-refractivity contribution < 1.29 is 14.3 Å². The summed E-state index contributed by atoms with van der Waals surface area (Å²) in [5, 5.41) is 0.560. The van der Waals surface area contributed by atoms with Crippen molar-refractivity contribution in [2.24, 2.45) is 0 Å². The Morgan fingerprint density at radius 1 is 1.24 bits per heavy atom. The van der Waals surface area contributed by atoms with Crippen LogP contribution in [0.25, 0.3) is 11.0 Å². The van der Waals surface area contributed by atoms with Crippen molar-refractivity contribution in [3.05, 3.63) is 58.6 Å². The summed E-state index contributed by atoms with van der Waals surface area (Å²) in [5.74, 6) is 0.993. The highest BCUT2D eigenvalue weighted by Crippen LogP contribution is 2.38. The average Bonchev–Trinajstić information content (AvgIpc) is 3.22. The van der Waals surface area contributed by atoms with Gasteiger partial charge < -0.3 is 19.4 Å². The van der Waals surface area contributed by atoms with Crippen LogP contribution in [0.15, 0.2) is 36.4 Å². The maximum atomic E-state index is 11.9. The van der Waals surface area contributed by atoms with E-state index in [4.69, 9.17) is 26.1 Å². The number of halogens is 1. The van der Waals surface area contributed by atoms with E-state index >= 15 is 0 Å². The van der Waals surface area contributed by atoms with E-state index in [1.165, 1.54) is 7.11 Å². The fourth-order valence-electron chi connectivity index (χ4n) is 5.10. The number of pyridine rings is 1. The number of hydrogen-bond acceptors (Lipinski definition) is 6. The molecule has 4 heterocycles. The van der Waals surface area contributed by atoms with Crippen LogP contribution in [-0.2, 0) is 14.9 Å². The molecular formula is C25H29ClN4O3. The third-order valence-electron chi connectivity index (χ3n) is 7.15. The Bertz CT molecular complexity index is 1150. The molecule has 3 aromatic rings. The first-order valence-electron chi connectivity index (χ1n) is 11.5. The Hall–Kier alpha value is -2.48. The van der Waals surface area contributed by atoms with Crippen LogP contribution in [0.2, 0.25) is 5.15 Å². The molecule has 0 radical (unpaired) electrons. The first-order chi connectivity index (χ1) is 16.0. The minimum absolute atomic E-state index is 0.116. The van der Waals surface area contributed by atoms with Crippen molar-refractivity contribution in [1.82, 2.24) is 19.9 Å². The Kier molecular flexibility index (Phi) is 6.12. The summed E-state index contributed by atoms with van der Waals surface area (Å²) in [5.41, 5.74) is 3.01. The minimum Gasteiger partial charge on any atom is -0.465 e. The molecule has 5 rings (SSSR count). The Labute approximate surface area is 198 Å². The van der Waals surface area contributed by atoms with Crippen LogP contribution >= 0.6 is 11.6 Å². The van der Waals surface area contributed by atoms with Gasteiger partial charge in [0.1, 0.15) is 11.0 Å². The quantitative estimate of drug-likeness (QED) is 0.428. The number of nitrogens with zero attached hydrogens (tertiary/aromatic N) is 3. The van der Waals surface area contributed by atoms with Crippen LogP contribution in [0.5, 0.6) is 0 Å². The summed E-state index contributed by atoms with van der Waals surface area (Å²) < 4.78 is 10.8. The summed E-state index contributed by atoms with van der Waals surface area (Å²) in [6, 6.07) is 11.3. The van der Waals surface area contributed by atoms with E-state index < -0.39 is 0 Å². The zero-order chi connectivity index (χ0) is 23.0. The van der Waals surface area contributed by atoms with Gasteiger partial charge in [0.25, 0.3) is 0 Å². The molecule has 0 spiro atoms. The highest BCUT2D eigenvalue weighted by Gasteiger charge is 2.44. The van der Waals surface area contributed by atoms with Gasteiger partial charge in [-0.3, -0.25) is 0 Å². The van der Waals surface area contributed by atoms with Crippen LogP contribution in [-0.4, -0.2) is 65.3 Å². The predicted molar refractivity (Wildman–Crippen MR) is 127 cm³/mol. The number of ether oxygens (including phenoxy) is 2. The number of piperidine rings is 1. The molecule has 8 heteroatoms. The highest BCUT2D eigenvalue weighted by atomic mass is 35.5. The Balaban J connectivity index is 1.35. The number of methoxy groups -OCH3 is 1. The lowest BCUT2D eigenvalue weighted by Crippen LogP contribution is -2.53. The van der Waals surface area contributed by atoms with Crippen LogP contribution in [0.4, 0.5) is 0 Å². The molecule has 0 aliphatic carbocycles. The van der Waals surface area contributed by atoms with Crippen LogP contribution < -0.4 is 0 Å². The lowest BCUT2D eigenvalue weighted by molar-refractivity contribution is -0.103. The van der Waals surface area contributed by atoms with Gasteiger partial charge in [0, 0.05) is 24.8 Å². The summed E-state index contributed by atoms with van der Waals surface area (Å²) in [7, 11) is 1.39. The van der Waals surface area contributed by atoms with E-state index in [9.17, 15) is 4.79 Å². The van der Waals surface area contributed by atoms with Gasteiger partial charge in [-0.15, -0.1) is 0 Å². The number of benzene rings is 1. The molecule has 0 saturated carbocycles. The number of carbonyl (C=O) groups is 1. The third kappa shape index (κ3) is 4.37. The smallest absolute Gasteiger partial charge is 0.337 e. The largest absolute Gasteiger partial charge is 0.465 e. The monoisotopic (exact) mass is 468 g/mol. The molecule has 2 aromatic heterocycles. The zero-order valence-corrected chi connectivity index (χ0v) is 19.8. The number of fused-ring (bicyclic) bond motifs is 1. The van der Waals surface area contributed by atoms with E-state index in [1.54, 1.807) is 6.07 Å². The molecule has 7 nitrogen and oxygen atoms in total. The molecule has 174 valence electrons. The number of aromatic nitrogens is 3. The molecule has 1 N–H and O–H groups in total. The van der Waals surface area contributed by atoms with E-state index in [1.807, 2.05) is 24.3 Å². The molecule has 2 aliphatic rings. The van der Waals surface area contributed by atoms with Gasteiger partial charge in [0.2, 0.25) is 0 Å². The molecule has 0 bridgehead atoms. The number of likely N-dealkylation sites (tertiary alicyclic amines) is 1. The number of hydrogen-bond donors (Lipinski definition) is 1. The Morgan fingerprint density at radius 3 is 2.70 bits per heavy atom. The van der Waals surface area contributed by atoms with E-state index in [2.05, 4.69) is 27.9 Å². The van der Waals surface area contributed by atoms with Crippen LogP contribution in [0.3, 0.4) is 0 Å². The molecule has 33 heavy (non-hydrogen) atoms. The van der Waals surface area contributed by atoms with Crippen molar-refractivity contribution >= 4 is 28.6 Å². The second-order valence-electron chi connectivity index (χ2n) is 9.31. The number of esters is 1. The van der Waals surface area contributed by atoms with E-state index in [0.29, 0.717) is 16.6 Å². The van der Waals surface area contributed by atoms with Gasteiger partial charge in [-0.2, -0.15) is 0 Å². The number of imidazole rings is 1. The maximum Gasteiger partial charge on any atom is 0.337 e. The summed E-state index contributed by atoms with van der Waals surface area (Å²) in [4.78, 5) is 27.4. The van der Waals surface area contributed by atoms with Gasteiger partial charge in [0.05, 0.1) is 35.2 Å². The van der Waals surface area contributed by atoms with Gasteiger partial charge in [-0.1, -0.05) is 17.7 Å². The molecular weight excluding hydrogens is 440 g/mol. The van der Waals surface area contributed by atoms with E-state index in [0.717, 1.165) is 68.1 Å². The highest BCUT2D eigenvalue weighted by molar-refractivity contribution is 6.29. The second-order valence-corrected chi connectivity index (χ2v) is 9.70. The number of aromatic amines is 1. The molecule has 2 aliphatic heterocycles. The number of rotatable bonds is 6. The average molecular weight is 469 g/mol. The lowest BCUT2D eigenvalue weighted by atomic mass is 9.78. The predicted octanol–water partition coefficient (Wildman–Crippen LogP) is 4.32. The van der Waals surface area contributed by atoms with Crippen molar-refractivity contribution in [2.45, 2.75) is 43.6 Å². The fourth-order valence-corrected chi connectivity index (χ4v) is 5.27. The van der Waals surface area contributed by atoms with Crippen molar-refractivity contribution in [3.8, 4) is 0 Å². The number of nitrogens with one attached hydrogen (secondary N) is 1. The first kappa shape index (κ1) is 22.3. The first-order valence-corrected chi connectivity index (χ1v) is 11.9. The van der Waals surface area contributed by atoms with Crippen molar-refractivity contribution in [1.29, 1.82) is 0 Å². The SMILES string of the molecule is COC(=O)c1ccc2nc([C@](C)(CN3CCC(c4cccc(Cl)n4)CC3)C3CCO3)[nH]c2c1. The summed E-state index contributed by atoms with van der Waals surface area (Å²) in [6.45, 7) is 5.87. The zero-order valence-electron chi connectivity index (χ0n) is 19.0. The minimum atomic E-state index is -0.352. The van der Waals surface area contributed by atoms with Gasteiger partial charge >= 0.3 is 5.97 Å². The van der Waals surface area contributed by atoms with Gasteiger partial charge in [0.15, 0.2) is 0 Å². The molecule has 2 atom stereocenters. The summed E-state index contributed by atoms with van der Waals surface area (Å²) >= 11 is 6.10.